The van der Waals surface area contributed by atoms with Gasteiger partial charge in [0.25, 0.3) is 0 Å². The Hall–Kier alpha value is -1.10. The highest BCUT2D eigenvalue weighted by atomic mass is 16.2. The van der Waals surface area contributed by atoms with E-state index in [1.165, 1.54) is 6.42 Å². The third-order valence-electron chi connectivity index (χ3n) is 5.10. The fraction of sp³-hybridized carbons (Fsp3) is 0.875. The Morgan fingerprint density at radius 2 is 1.76 bits per heavy atom. The molecule has 0 aromatic heterocycles. The van der Waals surface area contributed by atoms with Gasteiger partial charge in [-0.2, -0.15) is 0 Å². The fourth-order valence-corrected chi connectivity index (χ4v) is 3.51. The first-order valence-corrected chi connectivity index (χ1v) is 8.31. The van der Waals surface area contributed by atoms with Gasteiger partial charge in [0, 0.05) is 25.7 Å². The second kappa shape index (κ2) is 7.25. The van der Waals surface area contributed by atoms with Crippen molar-refractivity contribution in [2.45, 2.75) is 57.5 Å². The van der Waals surface area contributed by atoms with E-state index in [9.17, 15) is 9.59 Å². The number of amides is 2. The number of likely N-dealkylation sites (tertiary alicyclic amines) is 2. The van der Waals surface area contributed by atoms with Crippen molar-refractivity contribution in [3.63, 3.8) is 0 Å². The van der Waals surface area contributed by atoms with E-state index in [0.717, 1.165) is 51.7 Å². The van der Waals surface area contributed by atoms with Crippen LogP contribution < -0.4 is 0 Å². The molecule has 2 aliphatic heterocycles. The van der Waals surface area contributed by atoms with Gasteiger partial charge in [0.15, 0.2) is 0 Å². The third kappa shape index (κ3) is 3.76. The van der Waals surface area contributed by atoms with E-state index in [4.69, 9.17) is 0 Å². The molecule has 0 aromatic carbocycles. The molecular formula is C16H29N3O2. The maximum Gasteiger partial charge on any atom is 0.312 e. The van der Waals surface area contributed by atoms with Crippen LogP contribution in [-0.2, 0) is 9.59 Å². The van der Waals surface area contributed by atoms with Crippen LogP contribution in [0.15, 0.2) is 0 Å². The van der Waals surface area contributed by atoms with Gasteiger partial charge in [0.2, 0.25) is 0 Å². The number of likely N-dealkylation sites (N-methyl/N-ethyl adjacent to an activating group) is 1. The SMILES string of the molecule is CCC1CCCCN1C(=O)C(=O)N(C)C1CCN(C)CC1. The molecule has 5 heteroatoms. The van der Waals surface area contributed by atoms with Crippen LogP contribution in [0.4, 0.5) is 0 Å². The number of hydrogen-bond acceptors (Lipinski definition) is 3. The average molecular weight is 295 g/mol. The quantitative estimate of drug-likeness (QED) is 0.722. The van der Waals surface area contributed by atoms with Gasteiger partial charge >= 0.3 is 11.8 Å². The molecule has 2 saturated heterocycles. The Morgan fingerprint density at radius 3 is 2.38 bits per heavy atom. The fourth-order valence-electron chi connectivity index (χ4n) is 3.51. The lowest BCUT2D eigenvalue weighted by Crippen LogP contribution is -2.53. The van der Waals surface area contributed by atoms with Crippen LogP contribution in [0.2, 0.25) is 0 Å². The van der Waals surface area contributed by atoms with Crippen LogP contribution in [0.3, 0.4) is 0 Å². The zero-order valence-electron chi connectivity index (χ0n) is 13.7. The van der Waals surface area contributed by atoms with E-state index in [1.807, 2.05) is 4.90 Å². The van der Waals surface area contributed by atoms with Crippen LogP contribution in [0, 0.1) is 0 Å². The van der Waals surface area contributed by atoms with Crippen LogP contribution in [0.25, 0.3) is 0 Å². The van der Waals surface area contributed by atoms with Crippen molar-refractivity contribution in [3.05, 3.63) is 0 Å². The molecule has 2 heterocycles. The van der Waals surface area contributed by atoms with Crippen molar-refractivity contribution in [2.24, 2.45) is 0 Å². The van der Waals surface area contributed by atoms with Gasteiger partial charge in [-0.3, -0.25) is 9.59 Å². The van der Waals surface area contributed by atoms with Gasteiger partial charge in [-0.1, -0.05) is 6.92 Å². The molecule has 0 aliphatic carbocycles. The number of hydrogen-bond donors (Lipinski definition) is 0. The molecule has 2 rings (SSSR count). The molecule has 0 bridgehead atoms. The van der Waals surface area contributed by atoms with Gasteiger partial charge in [0.1, 0.15) is 0 Å². The minimum Gasteiger partial charge on any atom is -0.334 e. The summed E-state index contributed by atoms with van der Waals surface area (Å²) in [6.45, 7) is 4.83. The van der Waals surface area contributed by atoms with E-state index in [1.54, 1.807) is 11.9 Å². The van der Waals surface area contributed by atoms with E-state index in [-0.39, 0.29) is 23.9 Å². The predicted octanol–water partition coefficient (Wildman–Crippen LogP) is 1.33. The van der Waals surface area contributed by atoms with Gasteiger partial charge in [-0.05, 0) is 58.7 Å². The highest BCUT2D eigenvalue weighted by Crippen LogP contribution is 2.21. The summed E-state index contributed by atoms with van der Waals surface area (Å²) in [5.41, 5.74) is 0. The molecule has 1 atom stereocenters. The molecule has 0 N–H and O–H groups in total. The summed E-state index contributed by atoms with van der Waals surface area (Å²) in [6, 6.07) is 0.462. The Bertz CT molecular complexity index is 378. The number of piperidine rings is 2. The highest BCUT2D eigenvalue weighted by molar-refractivity contribution is 6.35. The normalized spacial score (nSPS) is 24.9. The topological polar surface area (TPSA) is 43.9 Å². The first kappa shape index (κ1) is 16.3. The molecule has 2 amide bonds. The number of carbonyl (C=O) groups is 2. The molecule has 2 aliphatic rings. The summed E-state index contributed by atoms with van der Waals surface area (Å²) < 4.78 is 0. The largest absolute Gasteiger partial charge is 0.334 e. The van der Waals surface area contributed by atoms with Crippen LogP contribution in [0.5, 0.6) is 0 Å². The second-order valence-electron chi connectivity index (χ2n) is 6.51. The van der Waals surface area contributed by atoms with Crippen LogP contribution in [-0.4, -0.2) is 72.3 Å². The van der Waals surface area contributed by atoms with Crippen LogP contribution in [0.1, 0.15) is 45.4 Å². The van der Waals surface area contributed by atoms with E-state index < -0.39 is 0 Å². The smallest absolute Gasteiger partial charge is 0.312 e. The van der Waals surface area contributed by atoms with Crippen molar-refractivity contribution in [1.82, 2.24) is 14.7 Å². The Balaban J connectivity index is 1.96. The lowest BCUT2D eigenvalue weighted by Gasteiger charge is -2.38. The van der Waals surface area contributed by atoms with Gasteiger partial charge in [-0.25, -0.2) is 0 Å². The maximum absolute atomic E-state index is 12.5. The molecule has 1 unspecified atom stereocenters. The van der Waals surface area contributed by atoms with Crippen molar-refractivity contribution < 1.29 is 9.59 Å². The summed E-state index contributed by atoms with van der Waals surface area (Å²) in [7, 11) is 3.89. The Morgan fingerprint density at radius 1 is 1.10 bits per heavy atom. The third-order valence-corrected chi connectivity index (χ3v) is 5.10. The highest BCUT2D eigenvalue weighted by Gasteiger charge is 2.34. The van der Waals surface area contributed by atoms with E-state index >= 15 is 0 Å². The summed E-state index contributed by atoms with van der Waals surface area (Å²) >= 11 is 0. The first-order valence-electron chi connectivity index (χ1n) is 8.31. The molecule has 0 spiro atoms. The van der Waals surface area contributed by atoms with Crippen LogP contribution >= 0.6 is 0 Å². The average Bonchev–Trinajstić information content (AvgIpc) is 2.53. The summed E-state index contributed by atoms with van der Waals surface area (Å²) in [5.74, 6) is -0.604. The summed E-state index contributed by atoms with van der Waals surface area (Å²) in [6.07, 6.45) is 6.09. The van der Waals surface area contributed by atoms with Gasteiger partial charge < -0.3 is 14.7 Å². The minimum absolute atomic E-state index is 0.211. The standard InChI is InChI=1S/C16H29N3O2/c1-4-13-7-5-6-10-19(13)16(21)15(20)18(3)14-8-11-17(2)12-9-14/h13-14H,4-12H2,1-3H3. The number of rotatable bonds is 2. The monoisotopic (exact) mass is 295 g/mol. The summed E-state index contributed by atoms with van der Waals surface area (Å²) in [5, 5.41) is 0. The van der Waals surface area contributed by atoms with Crippen molar-refractivity contribution in [2.75, 3.05) is 33.7 Å². The molecule has 21 heavy (non-hydrogen) atoms. The summed E-state index contributed by atoms with van der Waals surface area (Å²) in [4.78, 5) is 30.8. The Labute approximate surface area is 128 Å². The molecule has 5 nitrogen and oxygen atoms in total. The second-order valence-corrected chi connectivity index (χ2v) is 6.51. The zero-order chi connectivity index (χ0) is 15.4. The van der Waals surface area contributed by atoms with Gasteiger partial charge in [-0.15, -0.1) is 0 Å². The first-order chi connectivity index (χ1) is 10.0. The molecular weight excluding hydrogens is 266 g/mol. The van der Waals surface area contributed by atoms with Gasteiger partial charge in [0.05, 0.1) is 0 Å². The lowest BCUT2D eigenvalue weighted by atomic mass is 9.99. The number of nitrogens with zero attached hydrogens (tertiary/aromatic N) is 3. The maximum atomic E-state index is 12.5. The van der Waals surface area contributed by atoms with E-state index in [0.29, 0.717) is 0 Å². The molecule has 2 fully saturated rings. The lowest BCUT2D eigenvalue weighted by molar-refractivity contribution is -0.155. The van der Waals surface area contributed by atoms with Crippen molar-refractivity contribution in [1.29, 1.82) is 0 Å². The number of carbonyl (C=O) groups excluding carboxylic acids is 2. The Kier molecular flexibility index (Phi) is 5.62. The zero-order valence-corrected chi connectivity index (χ0v) is 13.7. The molecule has 0 radical (unpaired) electrons. The molecule has 0 aromatic rings. The molecule has 0 saturated carbocycles. The predicted molar refractivity (Wildman–Crippen MR) is 82.9 cm³/mol. The van der Waals surface area contributed by atoms with Crippen molar-refractivity contribution >= 4 is 11.8 Å². The minimum atomic E-state index is -0.315. The molecule has 120 valence electrons. The van der Waals surface area contributed by atoms with Crippen molar-refractivity contribution in [3.8, 4) is 0 Å². The van der Waals surface area contributed by atoms with E-state index in [2.05, 4.69) is 18.9 Å².